The maximum Gasteiger partial charge on any atom is 0.333 e. The second kappa shape index (κ2) is 8.93. The molecule has 9 nitrogen and oxygen atoms in total. The van der Waals surface area contributed by atoms with Gasteiger partial charge in [0.15, 0.2) is 0 Å². The van der Waals surface area contributed by atoms with E-state index in [0.717, 1.165) is 12.2 Å². The molecule has 1 aromatic carbocycles. The third-order valence-electron chi connectivity index (χ3n) is 4.66. The molecule has 1 fully saturated rings. The van der Waals surface area contributed by atoms with Crippen LogP contribution in [0.4, 0.5) is 0 Å². The Hall–Kier alpha value is -3.14. The van der Waals surface area contributed by atoms with Crippen LogP contribution in [0.1, 0.15) is 5.69 Å². The van der Waals surface area contributed by atoms with Gasteiger partial charge in [-0.2, -0.15) is 0 Å². The number of carbonyl (C=O) groups excluding carboxylic acids is 2. The first-order valence-corrected chi connectivity index (χ1v) is 9.81. The van der Waals surface area contributed by atoms with Gasteiger partial charge in [-0.05, 0) is 24.3 Å². The predicted octanol–water partition coefficient (Wildman–Crippen LogP) is 2.38. The summed E-state index contributed by atoms with van der Waals surface area (Å²) in [6, 6.07) is 8.39. The SMILES string of the molecule is COc1ccc(Oc2cccnc2C[C@@]23OCCNC2OC(=O)/C=C/C(=O)O3)c(Cl)c1. The van der Waals surface area contributed by atoms with E-state index in [1.165, 1.54) is 7.11 Å². The lowest BCUT2D eigenvalue weighted by atomic mass is 10.0. The molecule has 0 aliphatic carbocycles. The van der Waals surface area contributed by atoms with Crippen LogP contribution in [0.5, 0.6) is 17.2 Å². The molecule has 1 unspecified atom stereocenters. The number of benzene rings is 1. The van der Waals surface area contributed by atoms with E-state index in [-0.39, 0.29) is 13.0 Å². The number of fused-ring (bicyclic) bond motifs is 1. The van der Waals surface area contributed by atoms with Gasteiger partial charge in [-0.3, -0.25) is 10.3 Å². The minimum absolute atomic E-state index is 0.0402. The van der Waals surface area contributed by atoms with E-state index in [2.05, 4.69) is 10.3 Å². The molecular weight excluding hydrogens is 428 g/mol. The number of pyridine rings is 1. The molecule has 1 aromatic heterocycles. The van der Waals surface area contributed by atoms with Crippen molar-refractivity contribution in [1.82, 2.24) is 10.3 Å². The molecule has 162 valence electrons. The largest absolute Gasteiger partial charge is 0.497 e. The van der Waals surface area contributed by atoms with Crippen LogP contribution in [0.15, 0.2) is 48.7 Å². The zero-order valence-electron chi connectivity index (χ0n) is 16.5. The van der Waals surface area contributed by atoms with Crippen molar-refractivity contribution in [2.75, 3.05) is 20.3 Å². The highest BCUT2D eigenvalue weighted by Crippen LogP contribution is 2.36. The van der Waals surface area contributed by atoms with E-state index in [0.29, 0.717) is 34.5 Å². The van der Waals surface area contributed by atoms with Crippen LogP contribution in [0, 0.1) is 0 Å². The topological polar surface area (TPSA) is 105 Å². The summed E-state index contributed by atoms with van der Waals surface area (Å²) in [5.41, 5.74) is 0.413. The van der Waals surface area contributed by atoms with Gasteiger partial charge in [-0.25, -0.2) is 9.59 Å². The molecule has 31 heavy (non-hydrogen) atoms. The number of ether oxygens (including phenoxy) is 5. The Bertz CT molecular complexity index is 1030. The number of hydrogen-bond donors (Lipinski definition) is 1. The first kappa shape index (κ1) is 21.1. The molecule has 0 amide bonds. The number of nitrogens with zero attached hydrogens (tertiary/aromatic N) is 1. The summed E-state index contributed by atoms with van der Waals surface area (Å²) in [4.78, 5) is 28.5. The van der Waals surface area contributed by atoms with Crippen LogP contribution < -0.4 is 14.8 Å². The molecule has 3 heterocycles. The molecule has 0 spiro atoms. The summed E-state index contributed by atoms with van der Waals surface area (Å²) in [6.07, 6.45) is 2.49. The van der Waals surface area contributed by atoms with E-state index in [9.17, 15) is 9.59 Å². The number of aromatic nitrogens is 1. The van der Waals surface area contributed by atoms with Crippen LogP contribution in [0.3, 0.4) is 0 Å². The van der Waals surface area contributed by atoms with E-state index < -0.39 is 24.0 Å². The van der Waals surface area contributed by atoms with Gasteiger partial charge in [-0.1, -0.05) is 11.6 Å². The van der Waals surface area contributed by atoms with Gasteiger partial charge in [0.1, 0.15) is 17.2 Å². The summed E-state index contributed by atoms with van der Waals surface area (Å²) >= 11 is 6.29. The predicted molar refractivity (Wildman–Crippen MR) is 108 cm³/mol. The second-order valence-corrected chi connectivity index (χ2v) is 7.12. The average molecular weight is 447 g/mol. The van der Waals surface area contributed by atoms with E-state index in [1.54, 1.807) is 36.5 Å². The van der Waals surface area contributed by atoms with E-state index in [4.69, 9.17) is 35.3 Å². The molecule has 0 bridgehead atoms. The number of methoxy groups -OCH3 is 1. The maximum atomic E-state index is 12.2. The summed E-state index contributed by atoms with van der Waals surface area (Å²) < 4.78 is 27.9. The zero-order chi connectivity index (χ0) is 21.8. The zero-order valence-corrected chi connectivity index (χ0v) is 17.3. The molecule has 0 saturated carbocycles. The van der Waals surface area contributed by atoms with Crippen molar-refractivity contribution in [3.05, 3.63) is 59.4 Å². The minimum Gasteiger partial charge on any atom is -0.497 e. The first-order chi connectivity index (χ1) is 15.0. The fourth-order valence-corrected chi connectivity index (χ4v) is 3.44. The Kier molecular flexibility index (Phi) is 6.08. The van der Waals surface area contributed by atoms with E-state index >= 15 is 0 Å². The average Bonchev–Trinajstić information content (AvgIpc) is 2.76. The number of nitrogens with one attached hydrogen (secondary N) is 1. The number of rotatable bonds is 5. The highest BCUT2D eigenvalue weighted by molar-refractivity contribution is 6.32. The molecule has 2 atom stereocenters. The normalized spacial score (nSPS) is 24.1. The molecule has 0 radical (unpaired) electrons. The third-order valence-corrected chi connectivity index (χ3v) is 4.96. The van der Waals surface area contributed by atoms with Crippen molar-refractivity contribution in [2.45, 2.75) is 18.4 Å². The molecule has 2 aliphatic rings. The second-order valence-electron chi connectivity index (χ2n) is 6.71. The van der Waals surface area contributed by atoms with Crippen molar-refractivity contribution in [3.63, 3.8) is 0 Å². The molecule has 2 aromatic rings. The quantitative estimate of drug-likeness (QED) is 0.693. The summed E-state index contributed by atoms with van der Waals surface area (Å²) in [7, 11) is 1.54. The summed E-state index contributed by atoms with van der Waals surface area (Å²) in [5, 5.41) is 3.35. The molecule has 1 saturated heterocycles. The van der Waals surface area contributed by atoms with Crippen LogP contribution in [0.25, 0.3) is 0 Å². The molecule has 2 aliphatic heterocycles. The first-order valence-electron chi connectivity index (χ1n) is 9.43. The van der Waals surface area contributed by atoms with Gasteiger partial charge >= 0.3 is 11.9 Å². The van der Waals surface area contributed by atoms with Gasteiger partial charge in [0.2, 0.25) is 6.23 Å². The lowest BCUT2D eigenvalue weighted by Gasteiger charge is -2.42. The van der Waals surface area contributed by atoms with Crippen molar-refractivity contribution in [2.24, 2.45) is 0 Å². The van der Waals surface area contributed by atoms with Gasteiger partial charge < -0.3 is 23.7 Å². The monoisotopic (exact) mass is 446 g/mol. The summed E-state index contributed by atoms with van der Waals surface area (Å²) in [6.45, 7) is 0.645. The Morgan fingerprint density at radius 2 is 2.06 bits per heavy atom. The number of esters is 2. The van der Waals surface area contributed by atoms with Crippen molar-refractivity contribution >= 4 is 23.5 Å². The fraction of sp³-hybridized carbons (Fsp3) is 0.286. The fourth-order valence-electron chi connectivity index (χ4n) is 3.23. The standard InChI is InChI=1S/C21H19ClN2O7/c1-27-13-4-5-16(14(22)11-13)29-17-3-2-8-23-15(17)12-21-20(24-9-10-28-21)30-18(25)6-7-19(26)31-21/h2-8,11,20,24H,9-10,12H2,1H3/b7-6+/t20?,21-/m0/s1. The van der Waals surface area contributed by atoms with Gasteiger partial charge in [0.05, 0.1) is 30.9 Å². The summed E-state index contributed by atoms with van der Waals surface area (Å²) in [5.74, 6) is -1.70. The lowest BCUT2D eigenvalue weighted by molar-refractivity contribution is -0.292. The van der Waals surface area contributed by atoms with Gasteiger partial charge in [-0.15, -0.1) is 0 Å². The lowest BCUT2D eigenvalue weighted by Crippen LogP contribution is -2.63. The van der Waals surface area contributed by atoms with Crippen LogP contribution in [-0.2, 0) is 30.2 Å². The Labute approximate surface area is 182 Å². The third kappa shape index (κ3) is 4.63. The smallest absolute Gasteiger partial charge is 0.333 e. The highest BCUT2D eigenvalue weighted by atomic mass is 35.5. The van der Waals surface area contributed by atoms with Crippen molar-refractivity contribution < 1.29 is 33.3 Å². The van der Waals surface area contributed by atoms with Crippen LogP contribution >= 0.6 is 11.6 Å². The molecule has 1 N–H and O–H groups in total. The number of halogens is 1. The molecule has 10 heteroatoms. The Morgan fingerprint density at radius 1 is 1.23 bits per heavy atom. The number of carbonyl (C=O) groups is 2. The number of morpholine rings is 1. The Morgan fingerprint density at radius 3 is 2.87 bits per heavy atom. The van der Waals surface area contributed by atoms with Gasteiger partial charge in [0, 0.05) is 31.0 Å². The minimum atomic E-state index is -1.62. The van der Waals surface area contributed by atoms with Crippen LogP contribution in [-0.4, -0.2) is 49.2 Å². The van der Waals surface area contributed by atoms with Crippen molar-refractivity contribution in [3.8, 4) is 17.2 Å². The number of hydrogen-bond acceptors (Lipinski definition) is 9. The van der Waals surface area contributed by atoms with Gasteiger partial charge in [0.25, 0.3) is 5.79 Å². The van der Waals surface area contributed by atoms with E-state index in [1.807, 2.05) is 0 Å². The highest BCUT2D eigenvalue weighted by Gasteiger charge is 2.50. The van der Waals surface area contributed by atoms with Crippen molar-refractivity contribution in [1.29, 1.82) is 0 Å². The maximum absolute atomic E-state index is 12.2. The van der Waals surface area contributed by atoms with Crippen LogP contribution in [0.2, 0.25) is 5.02 Å². The molecule has 4 rings (SSSR count). The Balaban J connectivity index is 1.66. The molecular formula is C21H19ClN2O7.